The Kier molecular flexibility index (Phi) is 5.07. The third-order valence-electron chi connectivity index (χ3n) is 3.66. The second-order valence-electron chi connectivity index (χ2n) is 5.19. The van der Waals surface area contributed by atoms with E-state index >= 15 is 0 Å². The third kappa shape index (κ3) is 3.72. The highest BCUT2D eigenvalue weighted by Crippen LogP contribution is 2.15. The number of hydrogen-bond acceptors (Lipinski definition) is 3. The zero-order valence-electron chi connectivity index (χ0n) is 10.6. The molecule has 2 atom stereocenters. The molecule has 2 saturated heterocycles. The molecule has 2 aliphatic heterocycles. The summed E-state index contributed by atoms with van der Waals surface area (Å²) >= 11 is 0. The molecular formula is C13H26N2O. The average molecular weight is 226 g/mol. The maximum atomic E-state index is 5.86. The molecule has 94 valence electrons. The van der Waals surface area contributed by atoms with Gasteiger partial charge >= 0.3 is 0 Å². The van der Waals surface area contributed by atoms with E-state index in [0.29, 0.717) is 6.10 Å². The predicted molar refractivity (Wildman–Crippen MR) is 66.7 cm³/mol. The van der Waals surface area contributed by atoms with Crippen molar-refractivity contribution in [1.82, 2.24) is 10.2 Å². The van der Waals surface area contributed by atoms with Crippen LogP contribution < -0.4 is 5.32 Å². The van der Waals surface area contributed by atoms with Gasteiger partial charge in [-0.15, -0.1) is 0 Å². The van der Waals surface area contributed by atoms with Crippen molar-refractivity contribution >= 4 is 0 Å². The number of nitrogens with zero attached hydrogens (tertiary/aromatic N) is 1. The zero-order chi connectivity index (χ0) is 11.2. The molecule has 0 spiro atoms. The van der Waals surface area contributed by atoms with Gasteiger partial charge in [0.2, 0.25) is 0 Å². The Bertz CT molecular complexity index is 192. The second-order valence-corrected chi connectivity index (χ2v) is 5.19. The van der Waals surface area contributed by atoms with Gasteiger partial charge in [-0.25, -0.2) is 0 Å². The van der Waals surface area contributed by atoms with Crippen LogP contribution in [-0.2, 0) is 4.74 Å². The third-order valence-corrected chi connectivity index (χ3v) is 3.66. The first kappa shape index (κ1) is 12.3. The standard InChI is InChI=1S/C13H26N2O/c1-2-9-16-13-6-4-8-15(11-13)10-12-5-3-7-14-12/h12-14H,2-11H2,1H3. The van der Waals surface area contributed by atoms with E-state index in [4.69, 9.17) is 4.74 Å². The van der Waals surface area contributed by atoms with E-state index < -0.39 is 0 Å². The summed E-state index contributed by atoms with van der Waals surface area (Å²) in [4.78, 5) is 2.59. The molecule has 0 aromatic carbocycles. The summed E-state index contributed by atoms with van der Waals surface area (Å²) in [7, 11) is 0. The lowest BCUT2D eigenvalue weighted by Crippen LogP contribution is -2.45. The largest absolute Gasteiger partial charge is 0.377 e. The summed E-state index contributed by atoms with van der Waals surface area (Å²) in [5, 5.41) is 3.58. The topological polar surface area (TPSA) is 24.5 Å². The van der Waals surface area contributed by atoms with Crippen molar-refractivity contribution in [2.24, 2.45) is 0 Å². The zero-order valence-corrected chi connectivity index (χ0v) is 10.6. The lowest BCUT2D eigenvalue weighted by molar-refractivity contribution is -0.00177. The number of nitrogens with one attached hydrogen (secondary N) is 1. The van der Waals surface area contributed by atoms with Gasteiger partial charge in [-0.2, -0.15) is 0 Å². The van der Waals surface area contributed by atoms with E-state index in [9.17, 15) is 0 Å². The van der Waals surface area contributed by atoms with Gasteiger partial charge in [0.05, 0.1) is 6.10 Å². The maximum absolute atomic E-state index is 5.86. The molecule has 0 aromatic rings. The number of ether oxygens (including phenoxy) is 1. The van der Waals surface area contributed by atoms with Crippen molar-refractivity contribution in [3.05, 3.63) is 0 Å². The van der Waals surface area contributed by atoms with Crippen LogP contribution in [0.2, 0.25) is 0 Å². The fraction of sp³-hybridized carbons (Fsp3) is 1.00. The lowest BCUT2D eigenvalue weighted by Gasteiger charge is -2.34. The Labute approximate surface area is 99.5 Å². The SMILES string of the molecule is CCCOC1CCCN(CC2CCCN2)C1. The molecule has 2 heterocycles. The summed E-state index contributed by atoms with van der Waals surface area (Å²) in [6, 6.07) is 0.741. The number of rotatable bonds is 5. The fourth-order valence-electron chi connectivity index (χ4n) is 2.82. The smallest absolute Gasteiger partial charge is 0.0702 e. The molecule has 16 heavy (non-hydrogen) atoms. The Hall–Kier alpha value is -0.120. The van der Waals surface area contributed by atoms with Crippen LogP contribution in [0.3, 0.4) is 0 Å². The molecule has 2 fully saturated rings. The van der Waals surface area contributed by atoms with Crippen molar-refractivity contribution in [2.75, 3.05) is 32.8 Å². The van der Waals surface area contributed by atoms with Crippen LogP contribution in [-0.4, -0.2) is 49.8 Å². The van der Waals surface area contributed by atoms with Gasteiger partial charge in [0.15, 0.2) is 0 Å². The van der Waals surface area contributed by atoms with E-state index in [-0.39, 0.29) is 0 Å². The van der Waals surface area contributed by atoms with E-state index in [0.717, 1.165) is 25.6 Å². The van der Waals surface area contributed by atoms with E-state index in [1.54, 1.807) is 0 Å². The highest BCUT2D eigenvalue weighted by molar-refractivity contribution is 4.81. The van der Waals surface area contributed by atoms with Crippen LogP contribution in [0.1, 0.15) is 39.0 Å². The molecule has 2 rings (SSSR count). The summed E-state index contributed by atoms with van der Waals surface area (Å²) in [6.07, 6.45) is 6.91. The van der Waals surface area contributed by atoms with Crippen LogP contribution in [0.15, 0.2) is 0 Å². The lowest BCUT2D eigenvalue weighted by atomic mass is 10.1. The first-order valence-electron chi connectivity index (χ1n) is 6.96. The molecule has 0 radical (unpaired) electrons. The molecule has 1 N–H and O–H groups in total. The molecule has 2 unspecified atom stereocenters. The quantitative estimate of drug-likeness (QED) is 0.771. The van der Waals surface area contributed by atoms with Gasteiger partial charge in [-0.3, -0.25) is 4.90 Å². The van der Waals surface area contributed by atoms with Gasteiger partial charge in [0.25, 0.3) is 0 Å². The van der Waals surface area contributed by atoms with Crippen molar-refractivity contribution in [3.8, 4) is 0 Å². The van der Waals surface area contributed by atoms with Crippen molar-refractivity contribution in [3.63, 3.8) is 0 Å². The van der Waals surface area contributed by atoms with E-state index in [1.165, 1.54) is 45.3 Å². The molecule has 0 amide bonds. The molecule has 0 saturated carbocycles. The van der Waals surface area contributed by atoms with E-state index in [2.05, 4.69) is 17.1 Å². The van der Waals surface area contributed by atoms with Gasteiger partial charge < -0.3 is 10.1 Å². The molecule has 0 aliphatic carbocycles. The van der Waals surface area contributed by atoms with Gasteiger partial charge in [0.1, 0.15) is 0 Å². The first-order chi connectivity index (χ1) is 7.88. The summed E-state index contributed by atoms with van der Waals surface area (Å²) in [6.45, 7) is 7.98. The number of likely N-dealkylation sites (tertiary alicyclic amines) is 1. The van der Waals surface area contributed by atoms with Gasteiger partial charge in [0, 0.05) is 25.7 Å². The second kappa shape index (κ2) is 6.58. The minimum atomic E-state index is 0.495. The molecule has 0 bridgehead atoms. The van der Waals surface area contributed by atoms with Crippen LogP contribution in [0, 0.1) is 0 Å². The Balaban J connectivity index is 1.68. The highest BCUT2D eigenvalue weighted by atomic mass is 16.5. The predicted octanol–water partition coefficient (Wildman–Crippen LogP) is 1.63. The highest BCUT2D eigenvalue weighted by Gasteiger charge is 2.23. The first-order valence-corrected chi connectivity index (χ1v) is 6.96. The summed E-state index contributed by atoms with van der Waals surface area (Å²) in [5.74, 6) is 0. The monoisotopic (exact) mass is 226 g/mol. The van der Waals surface area contributed by atoms with Crippen LogP contribution in [0.25, 0.3) is 0 Å². The van der Waals surface area contributed by atoms with Crippen LogP contribution in [0.5, 0.6) is 0 Å². The van der Waals surface area contributed by atoms with Gasteiger partial charge in [-0.05, 0) is 45.2 Å². The molecule has 0 aromatic heterocycles. The van der Waals surface area contributed by atoms with Gasteiger partial charge in [-0.1, -0.05) is 6.92 Å². The Morgan fingerprint density at radius 2 is 2.25 bits per heavy atom. The minimum absolute atomic E-state index is 0.495. The molecule has 2 aliphatic rings. The number of hydrogen-bond donors (Lipinski definition) is 1. The van der Waals surface area contributed by atoms with Crippen molar-refractivity contribution < 1.29 is 4.74 Å². The van der Waals surface area contributed by atoms with Crippen molar-refractivity contribution in [1.29, 1.82) is 0 Å². The minimum Gasteiger partial charge on any atom is -0.377 e. The van der Waals surface area contributed by atoms with E-state index in [1.807, 2.05) is 0 Å². The fourth-order valence-corrected chi connectivity index (χ4v) is 2.82. The summed E-state index contributed by atoms with van der Waals surface area (Å²) in [5.41, 5.74) is 0. The van der Waals surface area contributed by atoms with Crippen molar-refractivity contribution in [2.45, 2.75) is 51.2 Å². The molecule has 3 heteroatoms. The van der Waals surface area contributed by atoms with Crippen LogP contribution >= 0.6 is 0 Å². The van der Waals surface area contributed by atoms with Crippen LogP contribution in [0.4, 0.5) is 0 Å². The normalized spacial score (nSPS) is 32.1. The average Bonchev–Trinajstić information content (AvgIpc) is 2.80. The number of piperidine rings is 1. The Morgan fingerprint density at radius 1 is 1.31 bits per heavy atom. The summed E-state index contributed by atoms with van der Waals surface area (Å²) < 4.78 is 5.86. The molecular weight excluding hydrogens is 200 g/mol. The molecule has 3 nitrogen and oxygen atoms in total. The Morgan fingerprint density at radius 3 is 3.00 bits per heavy atom. The maximum Gasteiger partial charge on any atom is 0.0702 e.